The summed E-state index contributed by atoms with van der Waals surface area (Å²) in [6.45, 7) is 1.77. The van der Waals surface area contributed by atoms with E-state index in [4.69, 9.17) is 40.3 Å². The van der Waals surface area contributed by atoms with Gasteiger partial charge in [0.25, 0.3) is 11.8 Å². The smallest absolute Gasteiger partial charge is 0.256 e. The number of rotatable bonds is 12. The van der Waals surface area contributed by atoms with Gasteiger partial charge in [-0.25, -0.2) is 36.3 Å². The number of alkyl halides is 4. The molecule has 8 rings (SSSR count). The summed E-state index contributed by atoms with van der Waals surface area (Å²) in [6.07, 6.45) is 5.40. The third-order valence-corrected chi connectivity index (χ3v) is 12.8. The number of piperidine rings is 2. The number of aliphatic hydroxyl groups excluding tert-OH is 1. The number of carbonyl (C=O) groups excluding carboxylic acids is 2. The first-order valence-electron chi connectivity index (χ1n) is 22.4. The normalized spacial score (nSPS) is 18.0. The number of carbonyl (C=O) groups is 2. The number of amides is 2. The molecule has 4 heterocycles. The number of hydrogen-bond donors (Lipinski definition) is 4. The average Bonchev–Trinajstić information content (AvgIpc) is 3.32. The lowest BCUT2D eigenvalue weighted by Gasteiger charge is -2.34. The van der Waals surface area contributed by atoms with Gasteiger partial charge in [0.2, 0.25) is 11.8 Å². The first kappa shape index (κ1) is 52.0. The van der Waals surface area contributed by atoms with Crippen LogP contribution in [0.4, 0.5) is 38.0 Å². The van der Waals surface area contributed by atoms with Crippen molar-refractivity contribution in [3.8, 4) is 34.5 Å². The highest BCUT2D eigenvalue weighted by molar-refractivity contribution is 5.96. The van der Waals surface area contributed by atoms with Gasteiger partial charge in [-0.2, -0.15) is 0 Å². The molecule has 2 aromatic carbocycles. The first-order valence-corrected chi connectivity index (χ1v) is 22.4. The molecule has 6 N–H and O–H groups in total. The molecule has 376 valence electrons. The first-order chi connectivity index (χ1) is 32.8. The van der Waals surface area contributed by atoms with Gasteiger partial charge in [-0.1, -0.05) is 0 Å². The van der Waals surface area contributed by atoms with Crippen molar-refractivity contribution in [2.75, 3.05) is 79.3 Å². The summed E-state index contributed by atoms with van der Waals surface area (Å²) in [7, 11) is 5.88. The van der Waals surface area contributed by atoms with E-state index in [0.717, 1.165) is 23.3 Å². The molecule has 15 nitrogen and oxygen atoms in total. The van der Waals surface area contributed by atoms with Crippen molar-refractivity contribution < 1.29 is 69.8 Å². The Bertz CT molecular complexity index is 2420. The number of nitrogens with zero attached hydrogens (tertiary/aromatic N) is 4. The highest BCUT2D eigenvalue weighted by atomic mass is 19.3. The van der Waals surface area contributed by atoms with Crippen LogP contribution in [0.3, 0.4) is 0 Å². The van der Waals surface area contributed by atoms with Crippen molar-refractivity contribution in [1.29, 1.82) is 0 Å². The van der Waals surface area contributed by atoms with Crippen molar-refractivity contribution in [2.24, 2.45) is 11.8 Å². The Hall–Kier alpha value is -6.38. The zero-order valence-electron chi connectivity index (χ0n) is 38.8. The number of nitrogens with two attached hydrogens (primary N) is 2. The predicted octanol–water partition coefficient (Wildman–Crippen LogP) is 7.83. The van der Waals surface area contributed by atoms with Crippen LogP contribution in [-0.4, -0.2) is 121 Å². The van der Waals surface area contributed by atoms with Gasteiger partial charge in [0, 0.05) is 112 Å². The van der Waals surface area contributed by atoms with Crippen molar-refractivity contribution >= 4 is 23.5 Å². The van der Waals surface area contributed by atoms with E-state index >= 15 is 0 Å². The van der Waals surface area contributed by atoms with Gasteiger partial charge in [0.05, 0.1) is 46.2 Å². The van der Waals surface area contributed by atoms with Gasteiger partial charge in [-0.05, 0) is 55.6 Å². The second-order valence-electron chi connectivity index (χ2n) is 17.6. The number of phenols is 1. The van der Waals surface area contributed by atoms with Crippen LogP contribution in [0.25, 0.3) is 0 Å². The Balaban J connectivity index is 0.000000199. The van der Waals surface area contributed by atoms with Gasteiger partial charge in [0.15, 0.2) is 23.0 Å². The van der Waals surface area contributed by atoms with Gasteiger partial charge in [-0.3, -0.25) is 9.59 Å². The molecule has 2 aromatic heterocycles. The number of ether oxygens (including phenoxy) is 5. The molecule has 2 aliphatic carbocycles. The number of likely N-dealkylation sites (tertiary alicyclic amines) is 2. The number of pyridine rings is 2. The summed E-state index contributed by atoms with van der Waals surface area (Å²) in [6, 6.07) is 7.87. The van der Waals surface area contributed by atoms with Crippen molar-refractivity contribution in [2.45, 2.75) is 75.0 Å². The standard InChI is InChI=1S/C24H28F3N3O4.C19H22FN3O4.C5H8F2O/c1-32-19-9-22(28)29-12-17(19)15-3-5-30(6-4-15)23(31)16-7-20(33-2)21(8-18(16)25)34-13-14-10-24(26,27)11-14;1-26-16-9-18(21)22-10-13(16)11-3-5-23(6-4-11)19(25)12-7-17(27-2)15(24)8-14(12)20;6-5(7)1-4(2-5)3-8/h7-9,12,14-15H,3-6,10-11,13H2,1-2H3,(H2,28,29);7-11,24H,3-6H2,1-2H3,(H2,21,22);4,8H,1-3H2. The summed E-state index contributed by atoms with van der Waals surface area (Å²) >= 11 is 0. The van der Waals surface area contributed by atoms with Crippen LogP contribution in [0.2, 0.25) is 0 Å². The molecule has 0 radical (unpaired) electrons. The zero-order chi connectivity index (χ0) is 50.2. The number of hydrogen-bond acceptors (Lipinski definition) is 13. The Morgan fingerprint density at radius 3 is 1.42 bits per heavy atom. The molecular weight excluding hydrogens is 919 g/mol. The van der Waals surface area contributed by atoms with Crippen LogP contribution in [-0.2, 0) is 0 Å². The second-order valence-corrected chi connectivity index (χ2v) is 17.6. The summed E-state index contributed by atoms with van der Waals surface area (Å²) in [4.78, 5) is 37.2. The lowest BCUT2D eigenvalue weighted by molar-refractivity contribution is -0.121. The highest BCUT2D eigenvalue weighted by Gasteiger charge is 2.46. The predicted molar refractivity (Wildman–Crippen MR) is 242 cm³/mol. The summed E-state index contributed by atoms with van der Waals surface area (Å²) in [5.41, 5.74) is 13.1. The molecule has 0 atom stereocenters. The number of phenolic OH excluding ortho intramolecular Hbond substituents is 1. The number of aliphatic hydroxyl groups is 1. The minimum Gasteiger partial charge on any atom is -0.504 e. The lowest BCUT2D eigenvalue weighted by Crippen LogP contribution is -2.38. The maximum atomic E-state index is 14.9. The Kier molecular flexibility index (Phi) is 16.9. The van der Waals surface area contributed by atoms with Crippen LogP contribution in [0.5, 0.6) is 34.5 Å². The summed E-state index contributed by atoms with van der Waals surface area (Å²) in [5, 5.41) is 17.9. The number of nitrogen functional groups attached to an aromatic ring is 2. The molecule has 4 aliphatic rings. The van der Waals surface area contributed by atoms with Gasteiger partial charge >= 0.3 is 0 Å². The Morgan fingerprint density at radius 2 is 1.03 bits per heavy atom. The fourth-order valence-electron chi connectivity index (χ4n) is 8.89. The molecular formula is C48H58F6N6O9. The molecule has 21 heteroatoms. The molecule has 4 aromatic rings. The zero-order valence-corrected chi connectivity index (χ0v) is 38.8. The van der Waals surface area contributed by atoms with Gasteiger partial charge in [0.1, 0.15) is 34.8 Å². The monoisotopic (exact) mass is 976 g/mol. The number of halogens is 6. The topological polar surface area (TPSA) is 205 Å². The number of methoxy groups -OCH3 is 4. The third kappa shape index (κ3) is 12.8. The Morgan fingerprint density at radius 1 is 0.623 bits per heavy atom. The van der Waals surface area contributed by atoms with E-state index in [1.165, 1.54) is 26.4 Å². The maximum Gasteiger partial charge on any atom is 0.256 e. The summed E-state index contributed by atoms with van der Waals surface area (Å²) in [5.74, 6) is -5.51. The van der Waals surface area contributed by atoms with Crippen LogP contribution in [0.1, 0.15) is 95.0 Å². The molecule has 2 saturated heterocycles. The molecule has 2 amide bonds. The van der Waals surface area contributed by atoms with E-state index in [1.54, 1.807) is 48.5 Å². The van der Waals surface area contributed by atoms with E-state index in [9.17, 15) is 41.0 Å². The van der Waals surface area contributed by atoms with E-state index < -0.39 is 35.3 Å². The average molecular weight is 977 g/mol. The third-order valence-electron chi connectivity index (χ3n) is 12.8. The minimum absolute atomic E-state index is 0.0374. The lowest BCUT2D eigenvalue weighted by atomic mass is 9.82. The van der Waals surface area contributed by atoms with E-state index in [1.807, 2.05) is 0 Å². The van der Waals surface area contributed by atoms with Crippen LogP contribution >= 0.6 is 0 Å². The van der Waals surface area contributed by atoms with Crippen LogP contribution in [0, 0.1) is 23.5 Å². The number of aromatic nitrogens is 2. The highest BCUT2D eigenvalue weighted by Crippen LogP contribution is 2.44. The SMILES string of the molecule is COc1cc(C(=O)N2CCC(c3cnc(N)cc3OC)CC2)c(F)cc1O.COc1cc(C(=O)N2CCC(c3cnc(N)cc3OC)CC2)c(F)cc1OCC1CC(F)(F)C1.OCC1CC(F)(F)C1. The number of anilines is 2. The second kappa shape index (κ2) is 22.4. The molecule has 2 saturated carbocycles. The molecule has 0 bridgehead atoms. The van der Waals surface area contributed by atoms with E-state index in [-0.39, 0.29) is 96.7 Å². The van der Waals surface area contributed by atoms with Gasteiger partial charge < -0.3 is 55.2 Å². The van der Waals surface area contributed by atoms with Crippen LogP contribution < -0.4 is 35.2 Å². The van der Waals surface area contributed by atoms with Crippen molar-refractivity contribution in [1.82, 2.24) is 19.8 Å². The van der Waals surface area contributed by atoms with E-state index in [2.05, 4.69) is 9.97 Å². The molecule has 69 heavy (non-hydrogen) atoms. The maximum absolute atomic E-state index is 14.9. The molecule has 2 aliphatic heterocycles. The number of aromatic hydroxyl groups is 1. The van der Waals surface area contributed by atoms with Gasteiger partial charge in [-0.15, -0.1) is 0 Å². The quantitative estimate of drug-likeness (QED) is 0.100. The van der Waals surface area contributed by atoms with Crippen molar-refractivity contribution in [3.63, 3.8) is 0 Å². The summed E-state index contributed by atoms with van der Waals surface area (Å²) < 4.78 is 105. The molecule has 0 unspecified atom stereocenters. The van der Waals surface area contributed by atoms with Crippen LogP contribution in [0.15, 0.2) is 48.8 Å². The molecule has 0 spiro atoms. The fourth-order valence-corrected chi connectivity index (χ4v) is 8.89. The minimum atomic E-state index is -2.65. The van der Waals surface area contributed by atoms with Crippen molar-refractivity contribution in [3.05, 3.63) is 82.7 Å². The Labute approximate surface area is 395 Å². The molecule has 4 fully saturated rings. The largest absolute Gasteiger partial charge is 0.504 e. The fraction of sp³-hybridized carbons (Fsp3) is 0.500. The number of benzene rings is 2. The van der Waals surface area contributed by atoms with E-state index in [0.29, 0.717) is 75.0 Å².